The molecule has 2 aliphatic rings. The van der Waals surface area contributed by atoms with Gasteiger partial charge in [-0.2, -0.15) is 0 Å². The standard InChI is InChI=1S/C36H27ClN6O5S/c1-3-48-35(47)28-20(2)39-36-43(31(28)22-11-5-4-6-12-22)34(46)27(49-36)17-21-10-9-13-24(16-21)42-19-23(40-41-42)18-38-30-29(37)32(44)25-14-7-8-15-26(25)33(30)45/h4-17,19,31,38H,3,18H2,1-2H3/b27-17-. The highest BCUT2D eigenvalue weighted by molar-refractivity contribution is 7.07. The van der Waals surface area contributed by atoms with E-state index in [0.717, 1.165) is 11.1 Å². The molecule has 5 aromatic rings. The molecular weight excluding hydrogens is 664 g/mol. The van der Waals surface area contributed by atoms with Gasteiger partial charge in [-0.15, -0.1) is 5.10 Å². The number of benzene rings is 3. The van der Waals surface area contributed by atoms with Crippen LogP contribution < -0.4 is 20.2 Å². The molecule has 1 aliphatic carbocycles. The normalized spacial score (nSPS) is 16.0. The van der Waals surface area contributed by atoms with Gasteiger partial charge in [-0.3, -0.25) is 19.0 Å². The van der Waals surface area contributed by atoms with Crippen molar-refractivity contribution in [1.29, 1.82) is 0 Å². The number of ketones is 2. The maximum atomic E-state index is 13.9. The Labute approximate surface area is 288 Å². The number of fused-ring (bicyclic) bond motifs is 2. The van der Waals surface area contributed by atoms with Gasteiger partial charge in [0.1, 0.15) is 16.4 Å². The molecule has 13 heteroatoms. The van der Waals surface area contributed by atoms with Crippen molar-refractivity contribution in [3.05, 3.63) is 155 Å². The van der Waals surface area contributed by atoms with Gasteiger partial charge in [-0.25, -0.2) is 14.5 Å². The van der Waals surface area contributed by atoms with Crippen LogP contribution in [-0.4, -0.2) is 43.7 Å². The minimum Gasteiger partial charge on any atom is -0.463 e. The number of allylic oxidation sites excluding steroid dienone is 3. The number of carbonyl (C=O) groups is 3. The van der Waals surface area contributed by atoms with Gasteiger partial charge in [0.15, 0.2) is 4.80 Å². The van der Waals surface area contributed by atoms with Gasteiger partial charge in [0.2, 0.25) is 11.6 Å². The first-order chi connectivity index (χ1) is 23.7. The smallest absolute Gasteiger partial charge is 0.338 e. The van der Waals surface area contributed by atoms with E-state index in [1.807, 2.05) is 54.6 Å². The molecule has 0 radical (unpaired) electrons. The summed E-state index contributed by atoms with van der Waals surface area (Å²) < 4.78 is 8.92. The van der Waals surface area contributed by atoms with Crippen molar-refractivity contribution >= 4 is 46.5 Å². The van der Waals surface area contributed by atoms with Crippen molar-refractivity contribution in [2.75, 3.05) is 6.61 Å². The molecule has 3 heterocycles. The van der Waals surface area contributed by atoms with E-state index >= 15 is 0 Å². The Morgan fingerprint density at radius 3 is 2.49 bits per heavy atom. The van der Waals surface area contributed by atoms with Gasteiger partial charge in [0, 0.05) is 11.1 Å². The molecule has 1 aliphatic heterocycles. The van der Waals surface area contributed by atoms with Crippen molar-refractivity contribution in [3.8, 4) is 5.69 Å². The fraction of sp³-hybridized carbons (Fsp3) is 0.139. The molecule has 244 valence electrons. The highest BCUT2D eigenvalue weighted by atomic mass is 35.5. The lowest BCUT2D eigenvalue weighted by Gasteiger charge is -2.24. The molecule has 3 aromatic carbocycles. The number of esters is 1. The number of Topliss-reactive ketones (excluding diaryl/α,β-unsaturated/α-hetero) is 2. The van der Waals surface area contributed by atoms with Crippen LogP contribution in [0.2, 0.25) is 0 Å². The lowest BCUT2D eigenvalue weighted by Crippen LogP contribution is -2.39. The van der Waals surface area contributed by atoms with Crippen molar-refractivity contribution in [2.45, 2.75) is 26.4 Å². The van der Waals surface area contributed by atoms with Gasteiger partial charge in [-0.05, 0) is 43.2 Å². The van der Waals surface area contributed by atoms with Crippen LogP contribution in [0, 0.1) is 0 Å². The van der Waals surface area contributed by atoms with Crippen LogP contribution in [0.4, 0.5) is 0 Å². The molecule has 0 bridgehead atoms. The van der Waals surface area contributed by atoms with Crippen molar-refractivity contribution in [1.82, 2.24) is 24.9 Å². The Bertz CT molecular complexity index is 2420. The van der Waals surface area contributed by atoms with Gasteiger partial charge >= 0.3 is 5.97 Å². The molecule has 0 spiro atoms. The summed E-state index contributed by atoms with van der Waals surface area (Å²) in [7, 11) is 0. The van der Waals surface area contributed by atoms with Crippen LogP contribution in [0.3, 0.4) is 0 Å². The third-order valence-corrected chi connectivity index (χ3v) is 9.46. The minimum absolute atomic E-state index is 0.0162. The SMILES string of the molecule is CCOC(=O)C1=C(C)N=c2s/c(=C\c3cccc(-n4cc(CNC5=C(Cl)C(=O)c6ccccc6C5=O)nn4)c3)c(=O)n2C1c1ccccc1. The molecule has 0 amide bonds. The van der Waals surface area contributed by atoms with E-state index in [1.54, 1.807) is 59.6 Å². The topological polar surface area (TPSA) is 138 Å². The van der Waals surface area contributed by atoms with E-state index in [9.17, 15) is 19.2 Å². The zero-order chi connectivity index (χ0) is 34.2. The summed E-state index contributed by atoms with van der Waals surface area (Å²) in [5.41, 5.74) is 3.81. The van der Waals surface area contributed by atoms with E-state index in [0.29, 0.717) is 32.0 Å². The van der Waals surface area contributed by atoms with Crippen LogP contribution in [0.25, 0.3) is 11.8 Å². The van der Waals surface area contributed by atoms with Crippen LogP contribution in [0.5, 0.6) is 0 Å². The number of nitrogens with one attached hydrogen (secondary N) is 1. The predicted octanol–water partition coefficient (Wildman–Crippen LogP) is 4.00. The Morgan fingerprint density at radius 1 is 1.00 bits per heavy atom. The Morgan fingerprint density at radius 2 is 1.73 bits per heavy atom. The maximum absolute atomic E-state index is 13.9. The number of aromatic nitrogens is 4. The average molecular weight is 691 g/mol. The maximum Gasteiger partial charge on any atom is 0.338 e. The van der Waals surface area contributed by atoms with E-state index in [4.69, 9.17) is 16.3 Å². The summed E-state index contributed by atoms with van der Waals surface area (Å²) in [4.78, 5) is 57.9. The third-order valence-electron chi connectivity index (χ3n) is 8.11. The van der Waals surface area contributed by atoms with E-state index in [-0.39, 0.29) is 46.4 Å². The first-order valence-electron chi connectivity index (χ1n) is 15.3. The quantitative estimate of drug-likeness (QED) is 0.241. The molecule has 11 nitrogen and oxygen atoms in total. The largest absolute Gasteiger partial charge is 0.463 e. The molecule has 0 saturated heterocycles. The lowest BCUT2D eigenvalue weighted by molar-refractivity contribution is -0.139. The molecular formula is C36H27ClN6O5S. The van der Waals surface area contributed by atoms with Crippen LogP contribution in [-0.2, 0) is 16.1 Å². The molecule has 7 rings (SSSR count). The van der Waals surface area contributed by atoms with Crippen molar-refractivity contribution < 1.29 is 19.1 Å². The molecule has 49 heavy (non-hydrogen) atoms. The van der Waals surface area contributed by atoms with Crippen molar-refractivity contribution in [2.24, 2.45) is 4.99 Å². The molecule has 1 N–H and O–H groups in total. The number of hydrogen-bond acceptors (Lipinski definition) is 10. The average Bonchev–Trinajstić information content (AvgIpc) is 3.71. The summed E-state index contributed by atoms with van der Waals surface area (Å²) in [6.07, 6.45) is 3.47. The highest BCUT2D eigenvalue weighted by Gasteiger charge is 2.33. The van der Waals surface area contributed by atoms with Crippen LogP contribution in [0.15, 0.2) is 117 Å². The monoisotopic (exact) mass is 690 g/mol. The number of nitrogens with zero attached hydrogens (tertiary/aromatic N) is 5. The molecule has 1 unspecified atom stereocenters. The summed E-state index contributed by atoms with van der Waals surface area (Å²) in [6.45, 7) is 3.79. The van der Waals surface area contributed by atoms with E-state index in [1.165, 1.54) is 11.3 Å². The molecule has 2 aromatic heterocycles. The second-order valence-corrected chi connectivity index (χ2v) is 12.6. The number of halogens is 1. The third kappa shape index (κ3) is 5.85. The Kier molecular flexibility index (Phi) is 8.49. The summed E-state index contributed by atoms with van der Waals surface area (Å²) in [5, 5.41) is 11.2. The number of carbonyl (C=O) groups excluding carboxylic acids is 3. The lowest BCUT2D eigenvalue weighted by atomic mass is 9.92. The number of hydrogen-bond donors (Lipinski definition) is 1. The first kappa shape index (κ1) is 31.9. The van der Waals surface area contributed by atoms with Gasteiger partial charge in [-0.1, -0.05) is 94.9 Å². The minimum atomic E-state index is -0.686. The zero-order valence-corrected chi connectivity index (χ0v) is 27.8. The fourth-order valence-corrected chi connectivity index (χ4v) is 7.14. The van der Waals surface area contributed by atoms with Crippen LogP contribution in [0.1, 0.15) is 57.4 Å². The number of rotatable bonds is 8. The summed E-state index contributed by atoms with van der Waals surface area (Å²) >= 11 is 7.52. The molecule has 0 saturated carbocycles. The summed E-state index contributed by atoms with van der Waals surface area (Å²) in [6, 6.07) is 22.6. The number of thiazole rings is 1. The predicted molar refractivity (Wildman–Crippen MR) is 183 cm³/mol. The van der Waals surface area contributed by atoms with E-state index in [2.05, 4.69) is 20.6 Å². The van der Waals surface area contributed by atoms with Gasteiger partial charge < -0.3 is 10.1 Å². The molecule has 1 atom stereocenters. The Balaban J connectivity index is 1.17. The zero-order valence-electron chi connectivity index (χ0n) is 26.2. The first-order valence-corrected chi connectivity index (χ1v) is 16.5. The summed E-state index contributed by atoms with van der Waals surface area (Å²) in [5.74, 6) is -1.30. The Hall–Kier alpha value is -5.72. The van der Waals surface area contributed by atoms with Gasteiger partial charge in [0.05, 0.1) is 46.9 Å². The van der Waals surface area contributed by atoms with Crippen molar-refractivity contribution in [3.63, 3.8) is 0 Å². The second-order valence-electron chi connectivity index (χ2n) is 11.2. The second kappa shape index (κ2) is 13.1. The van der Waals surface area contributed by atoms with Gasteiger partial charge in [0.25, 0.3) is 5.56 Å². The fourth-order valence-electron chi connectivity index (χ4n) is 5.84. The number of ether oxygens (including phenoxy) is 1. The molecule has 0 fully saturated rings. The van der Waals surface area contributed by atoms with E-state index < -0.39 is 17.8 Å². The van der Waals surface area contributed by atoms with Crippen LogP contribution >= 0.6 is 22.9 Å². The highest BCUT2D eigenvalue weighted by Crippen LogP contribution is 2.31.